The van der Waals surface area contributed by atoms with E-state index in [9.17, 15) is 0 Å². The summed E-state index contributed by atoms with van der Waals surface area (Å²) in [6, 6.07) is 155. The summed E-state index contributed by atoms with van der Waals surface area (Å²) < 4.78 is 21.4. The van der Waals surface area contributed by atoms with Gasteiger partial charge in [0.1, 0.15) is 6.33 Å². The molecule has 0 aliphatic carbocycles. The van der Waals surface area contributed by atoms with Crippen molar-refractivity contribution < 1.29 is 0 Å². The fourth-order valence-corrected chi connectivity index (χ4v) is 22.1. The van der Waals surface area contributed by atoms with Gasteiger partial charge in [-0.1, -0.05) is 224 Å². The molecule has 13 nitrogen and oxygen atoms in total. The average molecular weight is 1730 g/mol. The van der Waals surface area contributed by atoms with Gasteiger partial charge in [-0.15, -0.1) is 0 Å². The lowest BCUT2D eigenvalue weighted by atomic mass is 10.1. The summed E-state index contributed by atoms with van der Waals surface area (Å²) in [6.07, 6.45) is 11.3. The molecule has 0 amide bonds. The van der Waals surface area contributed by atoms with E-state index >= 15 is 0 Å². The van der Waals surface area contributed by atoms with Gasteiger partial charge in [0, 0.05) is 168 Å². The first-order valence-electron chi connectivity index (χ1n) is 45.8. The Morgan fingerprint density at radius 3 is 0.667 bits per heavy atom. The number of para-hydroxylation sites is 12. The van der Waals surface area contributed by atoms with Crippen LogP contribution >= 0.6 is 0 Å². The lowest BCUT2D eigenvalue weighted by molar-refractivity contribution is 1.13. The second kappa shape index (κ2) is 30.1. The van der Waals surface area contributed by atoms with Crippen molar-refractivity contribution in [3.05, 3.63) is 468 Å². The minimum atomic E-state index is 0.944. The van der Waals surface area contributed by atoms with E-state index in [0.717, 1.165) is 78.2 Å². The fourth-order valence-electron chi connectivity index (χ4n) is 22.1. The lowest BCUT2D eigenvalue weighted by Crippen LogP contribution is -1.98. The lowest BCUT2D eigenvalue weighted by Gasteiger charge is -2.13. The quantitative estimate of drug-likeness (QED) is 0.144. The topological polar surface area (TPSA) is 95.9 Å². The molecular formula is C122H77N13. The molecule has 12 aromatic heterocycles. The second-order valence-electron chi connectivity index (χ2n) is 34.9. The Bertz CT molecular complexity index is 9970. The van der Waals surface area contributed by atoms with Crippen LogP contribution < -0.4 is 0 Å². The molecule has 630 valence electrons. The molecule has 30 rings (SSSR count). The first kappa shape index (κ1) is 75.5. The van der Waals surface area contributed by atoms with Crippen LogP contribution in [-0.4, -0.2) is 61.0 Å². The number of pyridine rings is 2. The van der Waals surface area contributed by atoms with Crippen LogP contribution in [0.4, 0.5) is 0 Å². The van der Waals surface area contributed by atoms with Crippen LogP contribution in [0.25, 0.3) is 248 Å². The molecule has 18 aromatic carbocycles. The van der Waals surface area contributed by atoms with Crippen LogP contribution in [-0.2, 0) is 0 Å². The van der Waals surface area contributed by atoms with Gasteiger partial charge in [-0.2, -0.15) is 0 Å². The van der Waals surface area contributed by atoms with Gasteiger partial charge >= 0.3 is 0 Å². The molecule has 0 bridgehead atoms. The van der Waals surface area contributed by atoms with Gasteiger partial charge in [-0.3, -0.25) is 9.97 Å². The summed E-state index contributed by atoms with van der Waals surface area (Å²) in [7, 11) is 0. The minimum Gasteiger partial charge on any atom is -0.309 e. The molecule has 0 aliphatic rings. The van der Waals surface area contributed by atoms with E-state index in [2.05, 4.69) is 481 Å². The molecule has 30 aromatic rings. The largest absolute Gasteiger partial charge is 0.309 e. The van der Waals surface area contributed by atoms with Gasteiger partial charge in [0.25, 0.3) is 0 Å². The van der Waals surface area contributed by atoms with E-state index in [1.807, 2.05) is 37.1 Å². The van der Waals surface area contributed by atoms with Crippen molar-refractivity contribution in [1.29, 1.82) is 0 Å². The van der Waals surface area contributed by atoms with Crippen molar-refractivity contribution in [2.24, 2.45) is 0 Å². The molecule has 0 atom stereocenters. The number of nitrogens with zero attached hydrogens (tertiary/aromatic N) is 13. The summed E-state index contributed by atoms with van der Waals surface area (Å²) in [5, 5.41) is 20.8. The van der Waals surface area contributed by atoms with E-state index in [4.69, 9.17) is 4.98 Å². The van der Waals surface area contributed by atoms with E-state index in [-0.39, 0.29) is 0 Å². The maximum atomic E-state index is 4.77. The molecule has 0 saturated heterocycles. The van der Waals surface area contributed by atoms with E-state index < -0.39 is 0 Å². The van der Waals surface area contributed by atoms with Gasteiger partial charge in [0.05, 0.1) is 111 Å². The van der Waals surface area contributed by atoms with Crippen LogP contribution in [0.2, 0.25) is 0 Å². The monoisotopic (exact) mass is 1720 g/mol. The van der Waals surface area contributed by atoms with Crippen molar-refractivity contribution in [2.45, 2.75) is 0 Å². The summed E-state index contributed by atoms with van der Waals surface area (Å²) in [6.45, 7) is 0. The third-order valence-corrected chi connectivity index (χ3v) is 27.8. The minimum absolute atomic E-state index is 0.944. The van der Waals surface area contributed by atoms with Gasteiger partial charge < -0.3 is 41.1 Å². The normalized spacial score (nSPS) is 12.0. The van der Waals surface area contributed by atoms with Crippen molar-refractivity contribution in [3.63, 3.8) is 0 Å². The average Bonchev–Trinajstić information content (AvgIpc) is 1.57. The summed E-state index contributed by atoms with van der Waals surface area (Å²) in [5.41, 5.74) is 32.4. The molecule has 12 heterocycles. The number of benzene rings is 18. The maximum absolute atomic E-state index is 4.77. The summed E-state index contributed by atoms with van der Waals surface area (Å²) in [4.78, 5) is 18.0. The van der Waals surface area contributed by atoms with E-state index in [1.54, 1.807) is 6.33 Å². The Kier molecular flexibility index (Phi) is 16.8. The van der Waals surface area contributed by atoms with E-state index in [0.29, 0.717) is 0 Å². The Morgan fingerprint density at radius 2 is 0.348 bits per heavy atom. The van der Waals surface area contributed by atoms with Gasteiger partial charge in [-0.05, 0) is 206 Å². The van der Waals surface area contributed by atoms with Crippen LogP contribution in [0.5, 0.6) is 0 Å². The van der Waals surface area contributed by atoms with Crippen LogP contribution in [0.15, 0.2) is 468 Å². The summed E-state index contributed by atoms with van der Waals surface area (Å²) >= 11 is 0. The predicted octanol–water partition coefficient (Wildman–Crippen LogP) is 30.5. The van der Waals surface area contributed by atoms with Crippen molar-refractivity contribution >= 4 is 196 Å². The SMILES string of the molecule is c1ccc(-n2c3ccccc3c3cc4c(cc32)c2ccccc2n4-c2ccc(-n3c4ccccc4c4cnccc43)cc2)cc1.c1ccc(-n2c3ccccc3c3cc4c(cc32)c2ccccc2n4-c2ccc3c(c2)c2ncncc2n3-c2ccccc2)cc1.c1ccc(-n2c3ccccc3c3cc4c(cc32)c2ccccc2n4-c2cccc(-n3c4ccccc4c4cnccc43)c2)cc1. The molecule has 135 heavy (non-hydrogen) atoms. The Balaban J connectivity index is 0.000000101. The first-order chi connectivity index (χ1) is 67.0. The molecule has 0 fully saturated rings. The molecule has 0 N–H and O–H groups in total. The van der Waals surface area contributed by atoms with Crippen molar-refractivity contribution in [1.82, 2.24) is 61.0 Å². The molecule has 0 spiro atoms. The zero-order chi connectivity index (χ0) is 88.5. The number of fused-ring (bicyclic) bond motifs is 27. The van der Waals surface area contributed by atoms with Crippen LogP contribution in [0, 0.1) is 0 Å². The summed E-state index contributed by atoms with van der Waals surface area (Å²) in [5.74, 6) is 0. The highest BCUT2D eigenvalue weighted by Gasteiger charge is 2.26. The zero-order valence-electron chi connectivity index (χ0n) is 72.8. The number of hydrogen-bond acceptors (Lipinski definition) is 4. The standard InChI is InChI=1S/2C41H26N4.C40H25N5/c1-2-11-27(12-3-1)43-36-18-7-4-15-30(36)33-25-41-34(24-40(33)43)31-16-5-8-19-37(31)45(41)29-14-10-13-28(23-29)44-38-20-9-6-17-32(38)35-26-42-22-21-39(35)44;1-2-10-27(11-3-1)44-36-15-7-4-12-30(36)33-25-41-34(24-40(33)44)31-13-5-8-16-37(31)45(41)29-20-18-28(19-21-29)43-38-17-9-6-14-32(38)35-26-42-23-22-39(35)43;1-3-11-26(12-4-1)43-34-17-9-7-15-29(34)31-23-38-32(22-37(31)43)30-16-8-10-18-35(30)45(38)28-19-20-36-33(21-28)40-39(24-41-25-42-40)44(36)27-13-5-2-6-14-27/h2*1-26H;1-25H. The predicted molar refractivity (Wildman–Crippen MR) is 560 cm³/mol. The molecule has 0 radical (unpaired) electrons. The maximum Gasteiger partial charge on any atom is 0.116 e. The van der Waals surface area contributed by atoms with Gasteiger partial charge in [0.15, 0.2) is 0 Å². The van der Waals surface area contributed by atoms with Crippen LogP contribution in [0.3, 0.4) is 0 Å². The Hall–Kier alpha value is -18.5. The molecule has 0 aliphatic heterocycles. The smallest absolute Gasteiger partial charge is 0.116 e. The zero-order valence-corrected chi connectivity index (χ0v) is 72.8. The number of hydrogen-bond donors (Lipinski definition) is 0. The van der Waals surface area contributed by atoms with E-state index in [1.165, 1.54) is 169 Å². The highest BCUT2D eigenvalue weighted by Crippen LogP contribution is 2.47. The molecule has 13 heteroatoms. The number of aromatic nitrogens is 13. The fraction of sp³-hybridized carbons (Fsp3) is 0. The second-order valence-corrected chi connectivity index (χ2v) is 34.9. The third-order valence-electron chi connectivity index (χ3n) is 27.8. The van der Waals surface area contributed by atoms with Gasteiger partial charge in [-0.25, -0.2) is 9.97 Å². The molecule has 0 unspecified atom stereocenters. The van der Waals surface area contributed by atoms with Gasteiger partial charge in [0.2, 0.25) is 0 Å². The number of rotatable bonds is 9. The Labute approximate surface area is 771 Å². The Morgan fingerprint density at radius 1 is 0.126 bits per heavy atom. The first-order valence-corrected chi connectivity index (χ1v) is 45.8. The highest BCUT2D eigenvalue weighted by atomic mass is 15.1. The molecule has 0 saturated carbocycles. The highest BCUT2D eigenvalue weighted by molar-refractivity contribution is 6.23. The van der Waals surface area contributed by atoms with Crippen LogP contribution in [0.1, 0.15) is 0 Å². The molecular weight excluding hydrogens is 1650 g/mol. The van der Waals surface area contributed by atoms with Crippen molar-refractivity contribution in [2.75, 3.05) is 0 Å². The third kappa shape index (κ3) is 11.5. The van der Waals surface area contributed by atoms with Crippen molar-refractivity contribution in [3.8, 4) is 51.2 Å².